The number of hydrogen-bond donors (Lipinski definition) is 0. The summed E-state index contributed by atoms with van der Waals surface area (Å²) in [5.41, 5.74) is 2.34. The lowest BCUT2D eigenvalue weighted by atomic mass is 10.1. The second-order valence-electron chi connectivity index (χ2n) is 7.36. The molecule has 1 aliphatic rings. The minimum Gasteiger partial charge on any atom is -0.338 e. The molecular formula is C20H30N4O. The van der Waals surface area contributed by atoms with Gasteiger partial charge in [0.15, 0.2) is 0 Å². The molecule has 0 bridgehead atoms. The molecule has 1 fully saturated rings. The zero-order valence-electron chi connectivity index (χ0n) is 15.7. The van der Waals surface area contributed by atoms with E-state index in [0.717, 1.165) is 50.6 Å². The first-order valence-corrected chi connectivity index (χ1v) is 9.50. The average Bonchev–Trinajstić information content (AvgIpc) is 3.09. The van der Waals surface area contributed by atoms with Gasteiger partial charge in [-0.1, -0.05) is 50.2 Å². The molecule has 136 valence electrons. The molecule has 2 aromatic rings. The van der Waals surface area contributed by atoms with Gasteiger partial charge in [-0.05, 0) is 30.9 Å². The number of hydrogen-bond acceptors (Lipinski definition) is 5. The van der Waals surface area contributed by atoms with Crippen molar-refractivity contribution in [3.05, 3.63) is 35.7 Å². The van der Waals surface area contributed by atoms with Crippen molar-refractivity contribution < 1.29 is 4.52 Å². The Morgan fingerprint density at radius 3 is 2.36 bits per heavy atom. The van der Waals surface area contributed by atoms with Crippen LogP contribution in [0.3, 0.4) is 0 Å². The van der Waals surface area contributed by atoms with E-state index in [2.05, 4.69) is 65.0 Å². The topological polar surface area (TPSA) is 45.4 Å². The Morgan fingerprint density at radius 1 is 1.04 bits per heavy atom. The van der Waals surface area contributed by atoms with E-state index in [1.165, 1.54) is 18.5 Å². The molecule has 1 aromatic carbocycles. The molecule has 1 aromatic heterocycles. The second-order valence-corrected chi connectivity index (χ2v) is 7.36. The quantitative estimate of drug-likeness (QED) is 0.771. The highest BCUT2D eigenvalue weighted by Crippen LogP contribution is 2.18. The summed E-state index contributed by atoms with van der Waals surface area (Å²) in [6.07, 6.45) is 2.32. The summed E-state index contributed by atoms with van der Waals surface area (Å²) in [7, 11) is 0. The zero-order valence-corrected chi connectivity index (χ0v) is 15.7. The molecule has 3 rings (SSSR count). The van der Waals surface area contributed by atoms with Crippen LogP contribution in [0.5, 0.6) is 0 Å². The van der Waals surface area contributed by atoms with Crippen LogP contribution in [0.15, 0.2) is 28.8 Å². The highest BCUT2D eigenvalue weighted by Gasteiger charge is 2.19. The molecule has 25 heavy (non-hydrogen) atoms. The summed E-state index contributed by atoms with van der Waals surface area (Å²) in [5.74, 6) is 2.18. The first kappa shape index (κ1) is 18.1. The minimum atomic E-state index is 0.688. The van der Waals surface area contributed by atoms with Gasteiger partial charge in [0.2, 0.25) is 11.7 Å². The molecule has 0 aliphatic carbocycles. The lowest BCUT2D eigenvalue weighted by molar-refractivity contribution is 0.113. The van der Waals surface area contributed by atoms with Crippen LogP contribution >= 0.6 is 0 Å². The van der Waals surface area contributed by atoms with Crippen molar-refractivity contribution in [2.75, 3.05) is 32.7 Å². The summed E-state index contributed by atoms with van der Waals surface area (Å²) in [5, 5.41) is 4.15. The van der Waals surface area contributed by atoms with Crippen molar-refractivity contribution in [1.82, 2.24) is 19.9 Å². The highest BCUT2D eigenvalue weighted by atomic mass is 16.5. The van der Waals surface area contributed by atoms with Gasteiger partial charge in [-0.25, -0.2) is 0 Å². The predicted molar refractivity (Wildman–Crippen MR) is 100 cm³/mol. The Labute approximate surface area is 151 Å². The third-order valence-corrected chi connectivity index (χ3v) is 4.93. The van der Waals surface area contributed by atoms with Gasteiger partial charge in [0.25, 0.3) is 0 Å². The number of aromatic nitrogens is 2. The van der Waals surface area contributed by atoms with Crippen LogP contribution in [0.1, 0.15) is 38.6 Å². The first-order chi connectivity index (χ1) is 12.1. The number of nitrogens with zero attached hydrogens (tertiary/aromatic N) is 4. The molecule has 0 N–H and O–H groups in total. The van der Waals surface area contributed by atoms with E-state index in [4.69, 9.17) is 4.52 Å². The zero-order chi connectivity index (χ0) is 17.6. The van der Waals surface area contributed by atoms with E-state index < -0.39 is 0 Å². The molecule has 0 radical (unpaired) electrons. The van der Waals surface area contributed by atoms with Gasteiger partial charge in [-0.15, -0.1) is 0 Å². The SMILES string of the molecule is CCc1ccc(-c2noc(CN3CCN(CCC(C)C)CC3)n2)cc1. The molecule has 5 nitrogen and oxygen atoms in total. The fourth-order valence-corrected chi connectivity index (χ4v) is 3.13. The predicted octanol–water partition coefficient (Wildman–Crippen LogP) is 3.46. The molecule has 0 atom stereocenters. The summed E-state index contributed by atoms with van der Waals surface area (Å²) < 4.78 is 5.47. The molecule has 0 saturated carbocycles. The van der Waals surface area contributed by atoms with Crippen LogP contribution in [0.25, 0.3) is 11.4 Å². The number of benzene rings is 1. The van der Waals surface area contributed by atoms with Gasteiger partial charge in [-0.2, -0.15) is 4.98 Å². The maximum absolute atomic E-state index is 5.47. The van der Waals surface area contributed by atoms with Crippen molar-refractivity contribution in [3.8, 4) is 11.4 Å². The van der Waals surface area contributed by atoms with Crippen molar-refractivity contribution in [1.29, 1.82) is 0 Å². The Morgan fingerprint density at radius 2 is 1.72 bits per heavy atom. The van der Waals surface area contributed by atoms with Gasteiger partial charge >= 0.3 is 0 Å². The van der Waals surface area contributed by atoms with Gasteiger partial charge in [-0.3, -0.25) is 4.90 Å². The van der Waals surface area contributed by atoms with Crippen LogP contribution in [-0.4, -0.2) is 52.7 Å². The van der Waals surface area contributed by atoms with Crippen LogP contribution in [0, 0.1) is 5.92 Å². The van der Waals surface area contributed by atoms with Gasteiger partial charge in [0.05, 0.1) is 6.54 Å². The van der Waals surface area contributed by atoms with Crippen molar-refractivity contribution >= 4 is 0 Å². The van der Waals surface area contributed by atoms with Gasteiger partial charge < -0.3 is 9.42 Å². The summed E-state index contributed by atoms with van der Waals surface area (Å²) in [6, 6.07) is 8.39. The second kappa shape index (κ2) is 8.59. The summed E-state index contributed by atoms with van der Waals surface area (Å²) in [4.78, 5) is 9.54. The smallest absolute Gasteiger partial charge is 0.241 e. The molecule has 5 heteroatoms. The monoisotopic (exact) mass is 342 g/mol. The average molecular weight is 342 g/mol. The fraction of sp³-hybridized carbons (Fsp3) is 0.600. The Kier molecular flexibility index (Phi) is 6.21. The third-order valence-electron chi connectivity index (χ3n) is 4.93. The third kappa shape index (κ3) is 5.13. The molecule has 1 aliphatic heterocycles. The fourth-order valence-electron chi connectivity index (χ4n) is 3.13. The normalized spacial score (nSPS) is 16.6. The molecule has 0 unspecified atom stereocenters. The van der Waals surface area contributed by atoms with E-state index in [0.29, 0.717) is 11.7 Å². The van der Waals surface area contributed by atoms with Crippen LogP contribution in [0.2, 0.25) is 0 Å². The summed E-state index contributed by atoms with van der Waals surface area (Å²) in [6.45, 7) is 13.1. The Bertz CT molecular complexity index is 642. The van der Waals surface area contributed by atoms with Gasteiger partial charge in [0, 0.05) is 31.7 Å². The standard InChI is InChI=1S/C20H30N4O/c1-4-17-5-7-18(8-6-17)20-21-19(25-22-20)15-24-13-11-23(12-14-24)10-9-16(2)3/h5-8,16H,4,9-15H2,1-3H3. The number of aryl methyl sites for hydroxylation is 1. The van der Waals surface area contributed by atoms with E-state index in [-0.39, 0.29) is 0 Å². The van der Waals surface area contributed by atoms with E-state index in [1.54, 1.807) is 0 Å². The van der Waals surface area contributed by atoms with Crippen molar-refractivity contribution in [2.45, 2.75) is 40.2 Å². The Balaban J connectivity index is 1.50. The van der Waals surface area contributed by atoms with E-state index >= 15 is 0 Å². The van der Waals surface area contributed by atoms with Crippen LogP contribution < -0.4 is 0 Å². The van der Waals surface area contributed by atoms with Crippen molar-refractivity contribution in [2.24, 2.45) is 5.92 Å². The van der Waals surface area contributed by atoms with E-state index in [1.807, 2.05) is 0 Å². The molecule has 0 amide bonds. The minimum absolute atomic E-state index is 0.688. The molecular weight excluding hydrogens is 312 g/mol. The molecule has 1 saturated heterocycles. The highest BCUT2D eigenvalue weighted by molar-refractivity contribution is 5.54. The van der Waals surface area contributed by atoms with Crippen molar-refractivity contribution in [3.63, 3.8) is 0 Å². The molecule has 0 spiro atoms. The maximum atomic E-state index is 5.47. The van der Waals surface area contributed by atoms with Crippen LogP contribution in [0.4, 0.5) is 0 Å². The lowest BCUT2D eigenvalue weighted by Gasteiger charge is -2.34. The number of rotatable bonds is 7. The largest absolute Gasteiger partial charge is 0.338 e. The number of piperazine rings is 1. The lowest BCUT2D eigenvalue weighted by Crippen LogP contribution is -2.46. The van der Waals surface area contributed by atoms with Crippen LogP contribution in [-0.2, 0) is 13.0 Å². The van der Waals surface area contributed by atoms with E-state index in [9.17, 15) is 0 Å². The van der Waals surface area contributed by atoms with Gasteiger partial charge in [0.1, 0.15) is 0 Å². The maximum Gasteiger partial charge on any atom is 0.241 e. The molecule has 2 heterocycles. The summed E-state index contributed by atoms with van der Waals surface area (Å²) >= 11 is 0. The Hall–Kier alpha value is -1.72. The first-order valence-electron chi connectivity index (χ1n) is 9.50.